The number of pyridine rings is 1. The number of aromatic nitrogens is 1. The third kappa shape index (κ3) is 4.18. The van der Waals surface area contributed by atoms with E-state index >= 15 is 0 Å². The van der Waals surface area contributed by atoms with Crippen LogP contribution in [0.4, 0.5) is 4.39 Å². The van der Waals surface area contributed by atoms with E-state index in [0.717, 1.165) is 6.20 Å². The van der Waals surface area contributed by atoms with Gasteiger partial charge in [0, 0.05) is 18.9 Å². The SMILES string of the molecule is CC(=O)SCC=Cc1cncc(F)c1. The summed E-state index contributed by atoms with van der Waals surface area (Å²) >= 11 is 1.21. The molecule has 14 heavy (non-hydrogen) atoms. The lowest BCUT2D eigenvalue weighted by molar-refractivity contribution is -0.109. The molecule has 74 valence electrons. The highest BCUT2D eigenvalue weighted by molar-refractivity contribution is 8.13. The summed E-state index contributed by atoms with van der Waals surface area (Å²) in [4.78, 5) is 14.3. The summed E-state index contributed by atoms with van der Waals surface area (Å²) in [6.07, 6.45) is 6.27. The van der Waals surface area contributed by atoms with Gasteiger partial charge in [-0.25, -0.2) is 4.39 Å². The molecule has 1 rings (SSSR count). The lowest BCUT2D eigenvalue weighted by Gasteiger charge is -1.92. The predicted molar refractivity (Wildman–Crippen MR) is 56.4 cm³/mol. The first-order valence-corrected chi connectivity index (χ1v) is 5.07. The third-order valence-corrected chi connectivity index (χ3v) is 2.18. The van der Waals surface area contributed by atoms with Gasteiger partial charge in [0.05, 0.1) is 6.20 Å². The first-order valence-electron chi connectivity index (χ1n) is 4.09. The Kier molecular flexibility index (Phi) is 4.32. The van der Waals surface area contributed by atoms with E-state index in [2.05, 4.69) is 4.98 Å². The molecule has 0 saturated heterocycles. The molecule has 4 heteroatoms. The van der Waals surface area contributed by atoms with Gasteiger partial charge >= 0.3 is 0 Å². The molecule has 0 unspecified atom stereocenters. The maximum atomic E-state index is 12.6. The summed E-state index contributed by atoms with van der Waals surface area (Å²) in [7, 11) is 0. The van der Waals surface area contributed by atoms with Crippen molar-refractivity contribution in [3.63, 3.8) is 0 Å². The van der Waals surface area contributed by atoms with Crippen LogP contribution in [0.3, 0.4) is 0 Å². The molecule has 1 aromatic rings. The summed E-state index contributed by atoms with van der Waals surface area (Å²) in [6.45, 7) is 1.52. The number of carbonyl (C=O) groups excluding carboxylic acids is 1. The van der Waals surface area contributed by atoms with Crippen LogP contribution in [0.1, 0.15) is 12.5 Å². The van der Waals surface area contributed by atoms with E-state index in [9.17, 15) is 9.18 Å². The molecule has 0 aliphatic heterocycles. The van der Waals surface area contributed by atoms with Gasteiger partial charge < -0.3 is 0 Å². The second kappa shape index (κ2) is 5.54. The van der Waals surface area contributed by atoms with Gasteiger partial charge in [-0.1, -0.05) is 23.9 Å². The quantitative estimate of drug-likeness (QED) is 0.769. The van der Waals surface area contributed by atoms with E-state index < -0.39 is 0 Å². The Hall–Kier alpha value is -1.16. The van der Waals surface area contributed by atoms with Gasteiger partial charge in [0.15, 0.2) is 5.12 Å². The second-order valence-corrected chi connectivity index (χ2v) is 3.84. The Bertz CT molecular complexity index is 352. The number of hydrogen-bond donors (Lipinski definition) is 0. The summed E-state index contributed by atoms with van der Waals surface area (Å²) < 4.78 is 12.6. The van der Waals surface area contributed by atoms with Crippen LogP contribution in [0, 0.1) is 5.82 Å². The van der Waals surface area contributed by atoms with Crippen LogP contribution >= 0.6 is 11.8 Å². The molecule has 1 heterocycles. The molecule has 0 aromatic carbocycles. The average molecular weight is 211 g/mol. The van der Waals surface area contributed by atoms with Crippen molar-refractivity contribution < 1.29 is 9.18 Å². The normalized spacial score (nSPS) is 10.7. The lowest BCUT2D eigenvalue weighted by Crippen LogP contribution is -1.83. The minimum absolute atomic E-state index is 0.0759. The van der Waals surface area contributed by atoms with Gasteiger partial charge in [-0.15, -0.1) is 0 Å². The molecule has 1 aromatic heterocycles. The predicted octanol–water partition coefficient (Wildman–Crippen LogP) is 2.51. The van der Waals surface area contributed by atoms with Gasteiger partial charge in [0.1, 0.15) is 5.82 Å². The van der Waals surface area contributed by atoms with Crippen LogP contribution < -0.4 is 0 Å². The van der Waals surface area contributed by atoms with Crippen LogP contribution in [0.25, 0.3) is 6.08 Å². The number of halogens is 1. The van der Waals surface area contributed by atoms with Crippen molar-refractivity contribution >= 4 is 23.0 Å². The summed E-state index contributed by atoms with van der Waals surface area (Å²) in [5, 5.41) is 0.0759. The molecular weight excluding hydrogens is 201 g/mol. The van der Waals surface area contributed by atoms with E-state index in [1.165, 1.54) is 24.8 Å². The standard InChI is InChI=1S/C10H10FNOS/c1-8(13)14-4-2-3-9-5-10(11)7-12-6-9/h2-3,5-7H,4H2,1H3. The van der Waals surface area contributed by atoms with Crippen molar-refractivity contribution in [1.29, 1.82) is 0 Å². The molecule has 0 atom stereocenters. The van der Waals surface area contributed by atoms with Gasteiger partial charge in [0.2, 0.25) is 0 Å². The fourth-order valence-electron chi connectivity index (χ4n) is 0.869. The van der Waals surface area contributed by atoms with Crippen molar-refractivity contribution in [3.05, 3.63) is 35.9 Å². The van der Waals surface area contributed by atoms with Crippen molar-refractivity contribution in [2.45, 2.75) is 6.92 Å². The van der Waals surface area contributed by atoms with Gasteiger partial charge in [0.25, 0.3) is 0 Å². The largest absolute Gasteiger partial charge is 0.288 e. The zero-order valence-electron chi connectivity index (χ0n) is 7.74. The number of rotatable bonds is 3. The number of carbonyl (C=O) groups is 1. The maximum Gasteiger partial charge on any atom is 0.186 e. The fourth-order valence-corrected chi connectivity index (χ4v) is 1.30. The molecule has 0 aliphatic carbocycles. The third-order valence-electron chi connectivity index (χ3n) is 1.42. The highest BCUT2D eigenvalue weighted by atomic mass is 32.2. The zero-order chi connectivity index (χ0) is 10.4. The Labute approximate surface area is 86.2 Å². The Morgan fingerprint density at radius 1 is 1.64 bits per heavy atom. The molecule has 0 saturated carbocycles. The molecular formula is C10H10FNOS. The smallest absolute Gasteiger partial charge is 0.186 e. The topological polar surface area (TPSA) is 30.0 Å². The Balaban J connectivity index is 2.47. The average Bonchev–Trinajstić information content (AvgIpc) is 2.12. The summed E-state index contributed by atoms with van der Waals surface area (Å²) in [5.74, 6) is 0.248. The van der Waals surface area contributed by atoms with Crippen LogP contribution in [-0.2, 0) is 4.79 Å². The van der Waals surface area contributed by atoms with E-state index in [1.54, 1.807) is 12.3 Å². The first-order chi connectivity index (χ1) is 6.68. The van der Waals surface area contributed by atoms with Gasteiger partial charge in [-0.2, -0.15) is 0 Å². The summed E-state index contributed by atoms with van der Waals surface area (Å²) in [5.41, 5.74) is 0.703. The molecule has 0 amide bonds. The summed E-state index contributed by atoms with van der Waals surface area (Å²) in [6, 6.07) is 1.39. The van der Waals surface area contributed by atoms with Crippen LogP contribution in [0.2, 0.25) is 0 Å². The molecule has 0 fully saturated rings. The van der Waals surface area contributed by atoms with E-state index in [4.69, 9.17) is 0 Å². The highest BCUT2D eigenvalue weighted by Crippen LogP contribution is 2.06. The minimum Gasteiger partial charge on any atom is -0.288 e. The fraction of sp³-hybridized carbons (Fsp3) is 0.200. The minimum atomic E-state index is -0.355. The molecule has 0 radical (unpaired) electrons. The first kappa shape index (κ1) is 10.9. The van der Waals surface area contributed by atoms with Crippen molar-refractivity contribution in [2.24, 2.45) is 0 Å². The van der Waals surface area contributed by atoms with Gasteiger partial charge in [-0.05, 0) is 11.6 Å². The van der Waals surface area contributed by atoms with Crippen molar-refractivity contribution in [1.82, 2.24) is 4.98 Å². The van der Waals surface area contributed by atoms with E-state index in [1.807, 2.05) is 6.08 Å². The zero-order valence-corrected chi connectivity index (χ0v) is 8.55. The van der Waals surface area contributed by atoms with Crippen LogP contribution in [-0.4, -0.2) is 15.9 Å². The second-order valence-electron chi connectivity index (χ2n) is 2.64. The molecule has 2 nitrogen and oxygen atoms in total. The molecule has 0 bridgehead atoms. The van der Waals surface area contributed by atoms with Crippen LogP contribution in [0.5, 0.6) is 0 Å². The Morgan fingerprint density at radius 3 is 3.07 bits per heavy atom. The van der Waals surface area contributed by atoms with Crippen molar-refractivity contribution in [2.75, 3.05) is 5.75 Å². The maximum absolute atomic E-state index is 12.6. The molecule has 0 N–H and O–H groups in total. The monoisotopic (exact) mass is 211 g/mol. The van der Waals surface area contributed by atoms with Crippen LogP contribution in [0.15, 0.2) is 24.5 Å². The number of nitrogens with zero attached hydrogens (tertiary/aromatic N) is 1. The van der Waals surface area contributed by atoms with Crippen molar-refractivity contribution in [3.8, 4) is 0 Å². The molecule has 0 aliphatic rings. The number of hydrogen-bond acceptors (Lipinski definition) is 3. The number of thioether (sulfide) groups is 1. The van der Waals surface area contributed by atoms with Gasteiger partial charge in [-0.3, -0.25) is 9.78 Å². The molecule has 0 spiro atoms. The van der Waals surface area contributed by atoms with E-state index in [0.29, 0.717) is 11.3 Å². The lowest BCUT2D eigenvalue weighted by atomic mass is 10.2. The highest BCUT2D eigenvalue weighted by Gasteiger charge is 1.92. The van der Waals surface area contributed by atoms with E-state index in [-0.39, 0.29) is 10.9 Å². The Morgan fingerprint density at radius 2 is 2.43 bits per heavy atom.